The van der Waals surface area contributed by atoms with Crippen LogP contribution in [-0.4, -0.2) is 32.8 Å². The topological polar surface area (TPSA) is 56.8 Å². The number of aryl methyl sites for hydroxylation is 2. The highest BCUT2D eigenvalue weighted by atomic mass is 35.5. The molecule has 0 fully saturated rings. The molecular weight excluding hydrogens is 342 g/mol. The molecule has 0 spiro atoms. The Labute approximate surface area is 152 Å². The van der Waals surface area contributed by atoms with Gasteiger partial charge in [-0.1, -0.05) is 23.7 Å². The molecule has 2 aromatic rings. The van der Waals surface area contributed by atoms with Gasteiger partial charge in [-0.25, -0.2) is 0 Å². The summed E-state index contributed by atoms with van der Waals surface area (Å²) >= 11 is 6.11. The van der Waals surface area contributed by atoms with Gasteiger partial charge in [-0.05, 0) is 49.2 Å². The van der Waals surface area contributed by atoms with Crippen LogP contribution in [0.5, 0.6) is 17.2 Å². The molecule has 1 amide bonds. The van der Waals surface area contributed by atoms with Crippen molar-refractivity contribution in [2.24, 2.45) is 0 Å². The summed E-state index contributed by atoms with van der Waals surface area (Å²) in [5, 5.41) is 3.46. The number of ether oxygens (including phenoxy) is 3. The van der Waals surface area contributed by atoms with E-state index >= 15 is 0 Å². The van der Waals surface area contributed by atoms with E-state index in [4.69, 9.17) is 25.8 Å². The minimum Gasteiger partial charge on any atom is -0.493 e. The smallest absolute Gasteiger partial charge is 0.258 e. The van der Waals surface area contributed by atoms with Crippen molar-refractivity contribution in [2.75, 3.05) is 26.9 Å². The molecule has 0 unspecified atom stereocenters. The van der Waals surface area contributed by atoms with Gasteiger partial charge in [-0.2, -0.15) is 0 Å². The maximum atomic E-state index is 11.8. The highest BCUT2D eigenvalue weighted by Gasteiger charge is 2.07. The van der Waals surface area contributed by atoms with Crippen LogP contribution < -0.4 is 19.5 Å². The largest absolute Gasteiger partial charge is 0.493 e. The zero-order valence-electron chi connectivity index (χ0n) is 14.6. The van der Waals surface area contributed by atoms with Crippen LogP contribution in [0.25, 0.3) is 0 Å². The summed E-state index contributed by atoms with van der Waals surface area (Å²) in [6.45, 7) is 4.45. The van der Waals surface area contributed by atoms with Crippen molar-refractivity contribution in [2.45, 2.75) is 13.8 Å². The lowest BCUT2D eigenvalue weighted by molar-refractivity contribution is -0.123. The fourth-order valence-corrected chi connectivity index (χ4v) is 2.39. The van der Waals surface area contributed by atoms with E-state index in [2.05, 4.69) is 5.32 Å². The van der Waals surface area contributed by atoms with Crippen LogP contribution in [0.3, 0.4) is 0 Å². The Balaban J connectivity index is 1.72. The van der Waals surface area contributed by atoms with Crippen LogP contribution in [-0.2, 0) is 4.79 Å². The average Bonchev–Trinajstić information content (AvgIpc) is 2.61. The van der Waals surface area contributed by atoms with E-state index in [0.29, 0.717) is 35.4 Å². The van der Waals surface area contributed by atoms with Crippen LogP contribution in [0.4, 0.5) is 0 Å². The zero-order valence-corrected chi connectivity index (χ0v) is 15.4. The molecule has 134 valence electrons. The normalized spacial score (nSPS) is 10.2. The van der Waals surface area contributed by atoms with Crippen LogP contribution in [0, 0.1) is 13.8 Å². The lowest BCUT2D eigenvalue weighted by atomic mass is 10.1. The Morgan fingerprint density at radius 2 is 1.72 bits per heavy atom. The van der Waals surface area contributed by atoms with Gasteiger partial charge in [0.05, 0.1) is 13.7 Å². The van der Waals surface area contributed by atoms with E-state index in [1.54, 1.807) is 7.11 Å². The van der Waals surface area contributed by atoms with E-state index < -0.39 is 0 Å². The van der Waals surface area contributed by atoms with Crippen LogP contribution in [0.2, 0.25) is 5.02 Å². The number of hydrogen-bond donors (Lipinski definition) is 1. The number of rotatable bonds is 8. The molecule has 6 heteroatoms. The molecule has 0 aliphatic heterocycles. The molecule has 0 saturated heterocycles. The van der Waals surface area contributed by atoms with Crippen molar-refractivity contribution in [3.8, 4) is 17.2 Å². The summed E-state index contributed by atoms with van der Waals surface area (Å²) in [7, 11) is 1.58. The monoisotopic (exact) mass is 363 g/mol. The van der Waals surface area contributed by atoms with Gasteiger partial charge in [-0.3, -0.25) is 4.79 Å². The first kappa shape index (κ1) is 18.9. The quantitative estimate of drug-likeness (QED) is 0.729. The van der Waals surface area contributed by atoms with Gasteiger partial charge in [-0.15, -0.1) is 0 Å². The van der Waals surface area contributed by atoms with E-state index in [1.807, 2.05) is 50.2 Å². The fraction of sp³-hybridized carbons (Fsp3) is 0.316. The van der Waals surface area contributed by atoms with Gasteiger partial charge in [0, 0.05) is 5.02 Å². The Morgan fingerprint density at radius 3 is 2.36 bits per heavy atom. The summed E-state index contributed by atoms with van der Waals surface area (Å²) in [5.41, 5.74) is 1.84. The number of methoxy groups -OCH3 is 1. The minimum absolute atomic E-state index is 0.0603. The molecule has 2 aromatic carbocycles. The fourth-order valence-electron chi connectivity index (χ4n) is 2.28. The molecule has 2 rings (SSSR count). The molecule has 0 bridgehead atoms. The van der Waals surface area contributed by atoms with Gasteiger partial charge in [0.25, 0.3) is 5.91 Å². The Bertz CT molecular complexity index is 710. The van der Waals surface area contributed by atoms with Crippen LogP contribution in [0.15, 0.2) is 36.4 Å². The second-order valence-corrected chi connectivity index (χ2v) is 5.89. The first-order valence-electron chi connectivity index (χ1n) is 7.93. The number of para-hydroxylation sites is 2. The number of amides is 1. The molecule has 0 heterocycles. The molecule has 0 atom stereocenters. The van der Waals surface area contributed by atoms with Crippen molar-refractivity contribution in [3.63, 3.8) is 0 Å². The molecular formula is C19H22ClNO4. The Morgan fingerprint density at radius 1 is 1.08 bits per heavy atom. The van der Waals surface area contributed by atoms with Crippen molar-refractivity contribution in [3.05, 3.63) is 52.5 Å². The average molecular weight is 364 g/mol. The van der Waals surface area contributed by atoms with E-state index in [1.165, 1.54) is 0 Å². The molecule has 25 heavy (non-hydrogen) atoms. The maximum Gasteiger partial charge on any atom is 0.258 e. The van der Waals surface area contributed by atoms with Gasteiger partial charge in [0.2, 0.25) is 0 Å². The summed E-state index contributed by atoms with van der Waals surface area (Å²) in [6.07, 6.45) is 0. The van der Waals surface area contributed by atoms with Crippen molar-refractivity contribution in [1.29, 1.82) is 0 Å². The number of carbonyl (C=O) groups excluding carboxylic acids is 1. The molecule has 1 N–H and O–H groups in total. The Kier molecular flexibility index (Phi) is 6.95. The van der Waals surface area contributed by atoms with Gasteiger partial charge in [0.1, 0.15) is 12.4 Å². The second-order valence-electron chi connectivity index (χ2n) is 5.51. The van der Waals surface area contributed by atoms with Crippen LogP contribution >= 0.6 is 11.6 Å². The first-order valence-corrected chi connectivity index (χ1v) is 8.31. The lowest BCUT2D eigenvalue weighted by Gasteiger charge is -2.12. The summed E-state index contributed by atoms with van der Waals surface area (Å²) < 4.78 is 16.3. The predicted molar refractivity (Wildman–Crippen MR) is 97.9 cm³/mol. The predicted octanol–water partition coefficient (Wildman–Crippen LogP) is 3.54. The van der Waals surface area contributed by atoms with Crippen LogP contribution in [0.1, 0.15) is 11.1 Å². The first-order chi connectivity index (χ1) is 12.0. The summed E-state index contributed by atoms with van der Waals surface area (Å²) in [4.78, 5) is 11.8. The second kappa shape index (κ2) is 9.18. The molecule has 0 radical (unpaired) electrons. The third-order valence-corrected chi connectivity index (χ3v) is 4.13. The zero-order chi connectivity index (χ0) is 18.2. The number of benzene rings is 2. The van der Waals surface area contributed by atoms with Gasteiger partial charge in [0.15, 0.2) is 18.1 Å². The molecule has 0 aromatic heterocycles. The summed E-state index contributed by atoms with van der Waals surface area (Å²) in [5.74, 6) is 1.71. The molecule has 0 aliphatic carbocycles. The van der Waals surface area contributed by atoms with Gasteiger partial charge < -0.3 is 19.5 Å². The lowest BCUT2D eigenvalue weighted by Crippen LogP contribution is -2.32. The van der Waals surface area contributed by atoms with Crippen molar-refractivity contribution < 1.29 is 19.0 Å². The number of hydrogen-bond acceptors (Lipinski definition) is 4. The van der Waals surface area contributed by atoms with E-state index in [-0.39, 0.29) is 12.5 Å². The third kappa shape index (κ3) is 5.57. The van der Waals surface area contributed by atoms with Crippen molar-refractivity contribution in [1.82, 2.24) is 5.32 Å². The highest BCUT2D eigenvalue weighted by Crippen LogP contribution is 2.26. The third-order valence-electron chi connectivity index (χ3n) is 3.53. The minimum atomic E-state index is -0.214. The maximum absolute atomic E-state index is 11.8. The Hall–Kier alpha value is -2.40. The standard InChI is InChI=1S/C19H22ClNO4/c1-13-10-15(11-14(2)19(13)20)25-12-18(22)21-8-9-24-17-7-5-4-6-16(17)23-3/h4-7,10-11H,8-9,12H2,1-3H3,(H,21,22). The number of nitrogens with one attached hydrogen (secondary N) is 1. The number of halogens is 1. The molecule has 5 nitrogen and oxygen atoms in total. The van der Waals surface area contributed by atoms with E-state index in [9.17, 15) is 4.79 Å². The SMILES string of the molecule is COc1ccccc1OCCNC(=O)COc1cc(C)c(Cl)c(C)c1. The van der Waals surface area contributed by atoms with Gasteiger partial charge >= 0.3 is 0 Å². The van der Waals surface area contributed by atoms with Crippen molar-refractivity contribution >= 4 is 17.5 Å². The summed E-state index contributed by atoms with van der Waals surface area (Å²) in [6, 6.07) is 11.0. The molecule has 0 aliphatic rings. The van der Waals surface area contributed by atoms with E-state index in [0.717, 1.165) is 11.1 Å². The molecule has 0 saturated carbocycles. The highest BCUT2D eigenvalue weighted by molar-refractivity contribution is 6.32. The number of carbonyl (C=O) groups is 1.